The van der Waals surface area contributed by atoms with Crippen molar-refractivity contribution in [2.75, 3.05) is 33.0 Å². The minimum absolute atomic E-state index is 0.0664. The lowest BCUT2D eigenvalue weighted by Crippen LogP contribution is -2.25. The lowest BCUT2D eigenvalue weighted by atomic mass is 10.5. The molecule has 0 saturated heterocycles. The van der Waals surface area contributed by atoms with Crippen LogP contribution in [0.2, 0.25) is 0 Å². The van der Waals surface area contributed by atoms with E-state index < -0.39 is 6.09 Å². The van der Waals surface area contributed by atoms with Crippen LogP contribution in [0.15, 0.2) is 6.20 Å². The van der Waals surface area contributed by atoms with E-state index in [1.165, 1.54) is 0 Å². The Morgan fingerprint density at radius 1 is 1.32 bits per heavy atom. The molecular weight excluding hydrogens is 292 g/mol. The number of aldehydes is 1. The molecule has 124 valence electrons. The summed E-state index contributed by atoms with van der Waals surface area (Å²) in [7, 11) is 0. The maximum Gasteiger partial charge on any atom is 0.407 e. The van der Waals surface area contributed by atoms with Crippen molar-refractivity contribution in [3.63, 3.8) is 0 Å². The molecule has 0 unspecified atom stereocenters. The molecule has 9 heteroatoms. The fourth-order valence-corrected chi connectivity index (χ4v) is 1.47. The first kappa shape index (κ1) is 18.1. The van der Waals surface area contributed by atoms with Crippen molar-refractivity contribution < 1.29 is 23.8 Å². The van der Waals surface area contributed by atoms with Gasteiger partial charge in [0.25, 0.3) is 0 Å². The lowest BCUT2D eigenvalue weighted by molar-refractivity contribution is -0.111. The number of nitrogens with zero attached hydrogens (tertiary/aromatic N) is 3. The molecule has 1 amide bonds. The van der Waals surface area contributed by atoms with Gasteiger partial charge in [-0.3, -0.25) is 0 Å². The van der Waals surface area contributed by atoms with Gasteiger partial charge in [-0.15, -0.1) is 5.10 Å². The predicted molar refractivity (Wildman–Crippen MR) is 76.2 cm³/mol. The molecule has 1 heterocycles. The van der Waals surface area contributed by atoms with E-state index in [0.29, 0.717) is 38.3 Å². The molecule has 0 bridgehead atoms. The van der Waals surface area contributed by atoms with Gasteiger partial charge >= 0.3 is 6.09 Å². The summed E-state index contributed by atoms with van der Waals surface area (Å²) in [4.78, 5) is 21.5. The van der Waals surface area contributed by atoms with Gasteiger partial charge in [0, 0.05) is 6.61 Å². The van der Waals surface area contributed by atoms with E-state index in [4.69, 9.17) is 14.2 Å². The summed E-state index contributed by atoms with van der Waals surface area (Å²) < 4.78 is 16.7. The molecule has 22 heavy (non-hydrogen) atoms. The average molecular weight is 314 g/mol. The Labute approximate surface area is 128 Å². The zero-order valence-corrected chi connectivity index (χ0v) is 12.7. The van der Waals surface area contributed by atoms with Crippen molar-refractivity contribution in [3.8, 4) is 0 Å². The molecule has 1 N–H and O–H groups in total. The van der Waals surface area contributed by atoms with Crippen molar-refractivity contribution in [2.24, 2.45) is 0 Å². The summed E-state index contributed by atoms with van der Waals surface area (Å²) in [6, 6.07) is 0. The molecule has 0 radical (unpaired) electrons. The fraction of sp³-hybridized carbons (Fsp3) is 0.692. The third-order valence-electron chi connectivity index (χ3n) is 2.46. The first-order valence-corrected chi connectivity index (χ1v) is 7.15. The number of amides is 1. The van der Waals surface area contributed by atoms with Crippen molar-refractivity contribution in [1.82, 2.24) is 20.3 Å². The van der Waals surface area contributed by atoms with Crippen LogP contribution in [0, 0.1) is 0 Å². The van der Waals surface area contributed by atoms with E-state index >= 15 is 0 Å². The highest BCUT2D eigenvalue weighted by Crippen LogP contribution is 1.93. The van der Waals surface area contributed by atoms with Crippen LogP contribution in [0.5, 0.6) is 0 Å². The summed E-state index contributed by atoms with van der Waals surface area (Å²) >= 11 is 0. The third-order valence-corrected chi connectivity index (χ3v) is 2.46. The van der Waals surface area contributed by atoms with Gasteiger partial charge in [0.05, 0.1) is 32.5 Å². The van der Waals surface area contributed by atoms with Crippen molar-refractivity contribution in [3.05, 3.63) is 11.9 Å². The SMILES string of the molecule is CCCOCCOC(=O)NCc1cn(CCOCC=O)nn1. The van der Waals surface area contributed by atoms with E-state index in [2.05, 4.69) is 15.6 Å². The minimum Gasteiger partial charge on any atom is -0.447 e. The van der Waals surface area contributed by atoms with Crippen LogP contribution in [0.3, 0.4) is 0 Å². The molecule has 1 aromatic heterocycles. The summed E-state index contributed by atoms with van der Waals surface area (Å²) in [6.07, 6.45) is 2.79. The summed E-state index contributed by atoms with van der Waals surface area (Å²) in [5.74, 6) is 0. The van der Waals surface area contributed by atoms with E-state index in [-0.39, 0.29) is 19.8 Å². The highest BCUT2D eigenvalue weighted by Gasteiger charge is 2.05. The van der Waals surface area contributed by atoms with Crippen LogP contribution in [0.4, 0.5) is 4.79 Å². The molecule has 0 spiro atoms. The first-order valence-electron chi connectivity index (χ1n) is 7.15. The summed E-state index contributed by atoms with van der Waals surface area (Å²) in [6.45, 7) is 4.42. The van der Waals surface area contributed by atoms with E-state index in [1.54, 1.807) is 10.9 Å². The highest BCUT2D eigenvalue weighted by molar-refractivity contribution is 5.66. The highest BCUT2D eigenvalue weighted by atomic mass is 16.6. The fourth-order valence-electron chi connectivity index (χ4n) is 1.47. The van der Waals surface area contributed by atoms with Gasteiger partial charge in [-0.1, -0.05) is 12.1 Å². The monoisotopic (exact) mass is 314 g/mol. The van der Waals surface area contributed by atoms with Crippen molar-refractivity contribution in [1.29, 1.82) is 0 Å². The quantitative estimate of drug-likeness (QED) is 0.432. The number of hydrogen-bond acceptors (Lipinski definition) is 7. The molecular formula is C13H22N4O5. The second kappa shape index (κ2) is 11.6. The minimum atomic E-state index is -0.524. The normalized spacial score (nSPS) is 10.4. The number of rotatable bonds is 12. The molecule has 0 fully saturated rings. The number of aromatic nitrogens is 3. The Balaban J connectivity index is 2.12. The van der Waals surface area contributed by atoms with Gasteiger partial charge in [0.1, 0.15) is 25.2 Å². The molecule has 1 rings (SSSR count). The molecule has 0 aliphatic rings. The summed E-state index contributed by atoms with van der Waals surface area (Å²) in [5, 5.41) is 10.3. The maximum atomic E-state index is 11.4. The second-order valence-corrected chi connectivity index (χ2v) is 4.32. The number of carbonyl (C=O) groups excluding carboxylic acids is 2. The molecule has 1 aromatic rings. The number of hydrogen-bond donors (Lipinski definition) is 1. The van der Waals surface area contributed by atoms with Crippen LogP contribution in [0.1, 0.15) is 19.0 Å². The Hall–Kier alpha value is -2.00. The number of ether oxygens (including phenoxy) is 3. The van der Waals surface area contributed by atoms with Crippen LogP contribution in [0.25, 0.3) is 0 Å². The van der Waals surface area contributed by atoms with Gasteiger partial charge in [0.2, 0.25) is 0 Å². The standard InChI is InChI=1S/C13H22N4O5/c1-2-5-20-8-9-22-13(19)14-10-12-11-17(16-15-12)3-6-21-7-4-18/h4,11H,2-3,5-10H2,1H3,(H,14,19). The third kappa shape index (κ3) is 8.32. The van der Waals surface area contributed by atoms with Crippen LogP contribution < -0.4 is 5.32 Å². The van der Waals surface area contributed by atoms with Gasteiger partial charge in [-0.25, -0.2) is 9.48 Å². The Morgan fingerprint density at radius 3 is 2.95 bits per heavy atom. The molecule has 0 aliphatic carbocycles. The van der Waals surface area contributed by atoms with E-state index in [1.807, 2.05) is 6.92 Å². The van der Waals surface area contributed by atoms with E-state index in [9.17, 15) is 9.59 Å². The Morgan fingerprint density at radius 2 is 2.18 bits per heavy atom. The largest absolute Gasteiger partial charge is 0.447 e. The maximum absolute atomic E-state index is 11.4. The number of nitrogens with one attached hydrogen (secondary N) is 1. The summed E-state index contributed by atoms with van der Waals surface area (Å²) in [5.41, 5.74) is 0.606. The topological polar surface area (TPSA) is 105 Å². The molecule has 0 saturated carbocycles. The molecule has 0 atom stereocenters. The van der Waals surface area contributed by atoms with Crippen molar-refractivity contribution >= 4 is 12.4 Å². The van der Waals surface area contributed by atoms with Crippen LogP contribution in [-0.2, 0) is 32.1 Å². The number of alkyl carbamates (subject to hydrolysis) is 1. The molecule has 9 nitrogen and oxygen atoms in total. The smallest absolute Gasteiger partial charge is 0.407 e. The lowest BCUT2D eigenvalue weighted by Gasteiger charge is -2.05. The Bertz CT molecular complexity index is 438. The average Bonchev–Trinajstić information content (AvgIpc) is 2.97. The molecule has 0 aromatic carbocycles. The van der Waals surface area contributed by atoms with Gasteiger partial charge in [-0.05, 0) is 6.42 Å². The first-order chi connectivity index (χ1) is 10.8. The van der Waals surface area contributed by atoms with Gasteiger partial charge in [0.15, 0.2) is 0 Å². The zero-order valence-electron chi connectivity index (χ0n) is 12.7. The number of carbonyl (C=O) groups is 2. The predicted octanol–water partition coefficient (Wildman–Crippen LogP) is 0.146. The van der Waals surface area contributed by atoms with Crippen LogP contribution >= 0.6 is 0 Å². The van der Waals surface area contributed by atoms with Gasteiger partial charge < -0.3 is 24.3 Å². The van der Waals surface area contributed by atoms with Crippen molar-refractivity contribution in [2.45, 2.75) is 26.4 Å². The molecule has 0 aliphatic heterocycles. The van der Waals surface area contributed by atoms with E-state index in [0.717, 1.165) is 6.42 Å². The Kier molecular flexibility index (Phi) is 9.55. The van der Waals surface area contributed by atoms with Crippen LogP contribution in [-0.4, -0.2) is 60.4 Å². The zero-order chi connectivity index (χ0) is 16.0. The van der Waals surface area contributed by atoms with Gasteiger partial charge in [-0.2, -0.15) is 0 Å². The second-order valence-electron chi connectivity index (χ2n) is 4.32.